The molecule has 1 heterocycles. The maximum Gasteiger partial charge on any atom is 0.105 e. The molecule has 0 bridgehead atoms. The molecular weight excluding hydrogens is 583 g/mol. The zero-order valence-corrected chi connectivity index (χ0v) is 26.1. The van der Waals surface area contributed by atoms with Crippen LogP contribution in [0.3, 0.4) is 0 Å². The Morgan fingerprint density at radius 2 is 0.771 bits per heavy atom. The first-order chi connectivity index (χ1) is 23.9. The van der Waals surface area contributed by atoms with Gasteiger partial charge in [0.1, 0.15) is 5.69 Å². The molecule has 0 aliphatic carbocycles. The van der Waals surface area contributed by atoms with Gasteiger partial charge in [0, 0.05) is 11.1 Å². The van der Waals surface area contributed by atoms with E-state index in [9.17, 15) is 0 Å². The summed E-state index contributed by atoms with van der Waals surface area (Å²) >= 11 is 0. The summed E-state index contributed by atoms with van der Waals surface area (Å²) in [6.07, 6.45) is 1.83. The molecule has 0 saturated carbocycles. The van der Waals surface area contributed by atoms with Crippen molar-refractivity contribution in [2.75, 3.05) is 0 Å². The first-order valence-electron chi connectivity index (χ1n) is 16.2. The highest BCUT2D eigenvalue weighted by Crippen LogP contribution is 2.48. The van der Waals surface area contributed by atoms with Crippen LogP contribution in [0.1, 0.15) is 0 Å². The molecule has 0 saturated heterocycles. The van der Waals surface area contributed by atoms with Crippen LogP contribution in [-0.2, 0) is 0 Å². The quantitative estimate of drug-likeness (QED) is 0.182. The molecular formula is C45H29N3. The normalized spacial score (nSPS) is 11.3. The fraction of sp³-hybridized carbons (Fsp3) is 0. The van der Waals surface area contributed by atoms with E-state index in [-0.39, 0.29) is 0 Å². The Kier molecular flexibility index (Phi) is 6.80. The lowest BCUT2D eigenvalue weighted by Crippen LogP contribution is -1.99. The molecule has 0 radical (unpaired) electrons. The van der Waals surface area contributed by atoms with Crippen LogP contribution in [0.2, 0.25) is 0 Å². The molecule has 0 N–H and O–H groups in total. The van der Waals surface area contributed by atoms with Crippen molar-refractivity contribution in [3.8, 4) is 55.8 Å². The monoisotopic (exact) mass is 611 g/mol. The van der Waals surface area contributed by atoms with Gasteiger partial charge in [-0.1, -0.05) is 170 Å². The van der Waals surface area contributed by atoms with Crippen LogP contribution >= 0.6 is 0 Å². The van der Waals surface area contributed by atoms with E-state index in [0.717, 1.165) is 44.6 Å². The Morgan fingerprint density at radius 1 is 0.312 bits per heavy atom. The number of nitrogens with zero attached hydrogens (tertiary/aromatic N) is 3. The molecule has 0 aliphatic heterocycles. The number of rotatable bonds is 5. The van der Waals surface area contributed by atoms with Crippen LogP contribution in [0.25, 0.3) is 88.1 Å². The maximum absolute atomic E-state index is 4.76. The Hall–Kier alpha value is -6.45. The molecule has 9 aromatic rings. The maximum atomic E-state index is 4.76. The SMILES string of the molecule is c1ccc(-c2ccccc2-c2cccc(-c3nnncc3-c3ccccc3)c2-c2cccc3c4ccccc4c4ccccc4c23)cc1. The van der Waals surface area contributed by atoms with Crippen LogP contribution in [0.5, 0.6) is 0 Å². The number of benzene rings is 8. The summed E-state index contributed by atoms with van der Waals surface area (Å²) in [5.74, 6) is 0. The average molecular weight is 612 g/mol. The summed E-state index contributed by atoms with van der Waals surface area (Å²) in [7, 11) is 0. The molecule has 9 rings (SSSR count). The van der Waals surface area contributed by atoms with Gasteiger partial charge in [-0.3, -0.25) is 0 Å². The fourth-order valence-electron chi connectivity index (χ4n) is 7.31. The second kappa shape index (κ2) is 11.7. The lowest BCUT2D eigenvalue weighted by atomic mass is 9.82. The Bertz CT molecular complexity index is 2460. The van der Waals surface area contributed by atoms with E-state index in [1.165, 1.54) is 43.4 Å². The fourth-order valence-corrected chi connectivity index (χ4v) is 7.31. The predicted molar refractivity (Wildman–Crippen MR) is 200 cm³/mol. The van der Waals surface area contributed by atoms with Gasteiger partial charge < -0.3 is 0 Å². The number of hydrogen-bond acceptors (Lipinski definition) is 3. The molecule has 0 atom stereocenters. The first-order valence-corrected chi connectivity index (χ1v) is 16.2. The van der Waals surface area contributed by atoms with Crippen LogP contribution < -0.4 is 0 Å². The molecule has 0 fully saturated rings. The molecule has 8 aromatic carbocycles. The first kappa shape index (κ1) is 27.8. The Labute approximate surface area is 278 Å². The minimum atomic E-state index is 0.798. The topological polar surface area (TPSA) is 38.7 Å². The lowest BCUT2D eigenvalue weighted by molar-refractivity contribution is 0.873. The molecule has 224 valence electrons. The largest absolute Gasteiger partial charge is 0.138 e. The van der Waals surface area contributed by atoms with Crippen molar-refractivity contribution < 1.29 is 0 Å². The third-order valence-corrected chi connectivity index (χ3v) is 9.38. The van der Waals surface area contributed by atoms with Gasteiger partial charge in [-0.25, -0.2) is 0 Å². The van der Waals surface area contributed by atoms with E-state index >= 15 is 0 Å². The van der Waals surface area contributed by atoms with Gasteiger partial charge in [-0.15, -0.1) is 10.2 Å². The van der Waals surface area contributed by atoms with Gasteiger partial charge >= 0.3 is 0 Å². The van der Waals surface area contributed by atoms with Crippen molar-refractivity contribution in [3.63, 3.8) is 0 Å². The van der Waals surface area contributed by atoms with Gasteiger partial charge in [0.2, 0.25) is 0 Å². The predicted octanol–water partition coefficient (Wildman–Crippen LogP) is 11.7. The highest BCUT2D eigenvalue weighted by Gasteiger charge is 2.23. The second-order valence-corrected chi connectivity index (χ2v) is 12.0. The van der Waals surface area contributed by atoms with Crippen molar-refractivity contribution in [3.05, 3.63) is 176 Å². The Balaban J connectivity index is 1.45. The summed E-state index contributed by atoms with van der Waals surface area (Å²) in [6.45, 7) is 0. The number of hydrogen-bond donors (Lipinski definition) is 0. The van der Waals surface area contributed by atoms with Crippen molar-refractivity contribution in [1.82, 2.24) is 15.4 Å². The summed E-state index contributed by atoms with van der Waals surface area (Å²) < 4.78 is 0. The van der Waals surface area contributed by atoms with Crippen LogP contribution in [0, 0.1) is 0 Å². The van der Waals surface area contributed by atoms with Crippen molar-refractivity contribution in [1.29, 1.82) is 0 Å². The van der Waals surface area contributed by atoms with Crippen molar-refractivity contribution in [2.45, 2.75) is 0 Å². The lowest BCUT2D eigenvalue weighted by Gasteiger charge is -2.21. The molecule has 0 unspecified atom stereocenters. The number of aromatic nitrogens is 3. The smallest absolute Gasteiger partial charge is 0.105 e. The number of fused-ring (bicyclic) bond motifs is 6. The van der Waals surface area contributed by atoms with Gasteiger partial charge in [-0.2, -0.15) is 0 Å². The molecule has 48 heavy (non-hydrogen) atoms. The summed E-state index contributed by atoms with van der Waals surface area (Å²) in [5.41, 5.74) is 10.7. The minimum absolute atomic E-state index is 0.798. The van der Waals surface area contributed by atoms with E-state index < -0.39 is 0 Å². The van der Waals surface area contributed by atoms with Crippen molar-refractivity contribution in [2.24, 2.45) is 0 Å². The summed E-state index contributed by atoms with van der Waals surface area (Å²) in [6, 6.07) is 60.5. The van der Waals surface area contributed by atoms with Crippen LogP contribution in [-0.4, -0.2) is 15.4 Å². The van der Waals surface area contributed by atoms with Gasteiger partial charge in [0.25, 0.3) is 0 Å². The van der Waals surface area contributed by atoms with Gasteiger partial charge in [-0.05, 0) is 76.5 Å². The zero-order chi connectivity index (χ0) is 31.9. The van der Waals surface area contributed by atoms with Crippen LogP contribution in [0.4, 0.5) is 0 Å². The molecule has 3 heteroatoms. The summed E-state index contributed by atoms with van der Waals surface area (Å²) in [4.78, 5) is 0. The third kappa shape index (κ3) is 4.56. The standard InChI is InChI=1S/C45H29N3/c1-3-15-30(16-4-1)32-19-7-8-20-33(32)38-26-14-28-41(45-42(29-46-48-47-45)31-17-5-2-6-18-31)44(38)40-27-13-25-39-36-22-10-9-21-34(36)35-23-11-12-24-37(35)43(39)40/h1-29H. The highest BCUT2D eigenvalue weighted by atomic mass is 15.3. The van der Waals surface area contributed by atoms with E-state index in [4.69, 9.17) is 5.10 Å². The zero-order valence-electron chi connectivity index (χ0n) is 26.1. The van der Waals surface area contributed by atoms with E-state index in [1.807, 2.05) is 12.3 Å². The second-order valence-electron chi connectivity index (χ2n) is 12.0. The molecule has 0 amide bonds. The molecule has 1 aromatic heterocycles. The third-order valence-electron chi connectivity index (χ3n) is 9.38. The molecule has 3 nitrogen and oxygen atoms in total. The molecule has 0 spiro atoms. The molecule has 0 aliphatic rings. The van der Waals surface area contributed by atoms with Crippen LogP contribution in [0.15, 0.2) is 176 Å². The van der Waals surface area contributed by atoms with E-state index in [1.54, 1.807) is 0 Å². The Morgan fingerprint density at radius 3 is 1.46 bits per heavy atom. The average Bonchev–Trinajstić information content (AvgIpc) is 3.18. The van der Waals surface area contributed by atoms with E-state index in [0.29, 0.717) is 0 Å². The van der Waals surface area contributed by atoms with Gasteiger partial charge in [0.05, 0.1) is 6.20 Å². The van der Waals surface area contributed by atoms with Crippen molar-refractivity contribution >= 4 is 32.3 Å². The highest BCUT2D eigenvalue weighted by molar-refractivity contribution is 6.29. The minimum Gasteiger partial charge on any atom is -0.138 e. The summed E-state index contributed by atoms with van der Waals surface area (Å²) in [5, 5.41) is 20.6. The van der Waals surface area contributed by atoms with E-state index in [2.05, 4.69) is 174 Å². The van der Waals surface area contributed by atoms with Gasteiger partial charge in [0.15, 0.2) is 0 Å².